The number of nitrogens with zero attached hydrogens (tertiary/aromatic N) is 1. The Morgan fingerprint density at radius 1 is 1.36 bits per heavy atom. The molecule has 0 aromatic carbocycles. The van der Waals surface area contributed by atoms with Gasteiger partial charge in [-0.1, -0.05) is 0 Å². The minimum atomic E-state index is -0.757. The number of primary amides is 1. The summed E-state index contributed by atoms with van der Waals surface area (Å²) >= 11 is 0. The Hall–Kier alpha value is -1.10. The highest BCUT2D eigenvalue weighted by Gasteiger charge is 2.23. The molecular formula is C9H19N3O2. The smallest absolute Gasteiger partial charge is 0.237 e. The minimum absolute atomic E-state index is 0.0257. The molecule has 14 heavy (non-hydrogen) atoms. The maximum atomic E-state index is 11.2. The van der Waals surface area contributed by atoms with Crippen LogP contribution in [-0.2, 0) is 9.59 Å². The van der Waals surface area contributed by atoms with Crippen molar-refractivity contribution in [3.8, 4) is 0 Å². The Morgan fingerprint density at radius 2 is 1.86 bits per heavy atom. The predicted molar refractivity (Wildman–Crippen MR) is 54.6 cm³/mol. The molecule has 0 saturated carbocycles. The van der Waals surface area contributed by atoms with Gasteiger partial charge in [-0.15, -0.1) is 0 Å². The van der Waals surface area contributed by atoms with Gasteiger partial charge >= 0.3 is 0 Å². The number of carbonyl (C=O) groups is 2. The number of nitrogens with two attached hydrogens (primary N) is 1. The van der Waals surface area contributed by atoms with Crippen LogP contribution in [0, 0.1) is 0 Å². The van der Waals surface area contributed by atoms with Gasteiger partial charge in [-0.25, -0.2) is 0 Å². The average molecular weight is 201 g/mol. The molecule has 0 bridgehead atoms. The standard InChI is InChI=1S/C9H19N3O2/c1-9(2,8(10)14)11-6-5-7(13)12(3)4/h11H,5-6H2,1-4H3,(H2,10,14). The van der Waals surface area contributed by atoms with Gasteiger partial charge < -0.3 is 16.0 Å². The lowest BCUT2D eigenvalue weighted by atomic mass is 10.1. The maximum absolute atomic E-state index is 11.2. The van der Waals surface area contributed by atoms with Crippen molar-refractivity contribution in [2.24, 2.45) is 5.73 Å². The molecule has 0 aromatic rings. The molecule has 0 aliphatic carbocycles. The number of hydrogen-bond acceptors (Lipinski definition) is 3. The fourth-order valence-corrected chi connectivity index (χ4v) is 0.793. The SMILES string of the molecule is CN(C)C(=O)CCNC(C)(C)C(N)=O. The monoisotopic (exact) mass is 201 g/mol. The predicted octanol–water partition coefficient (Wildman–Crippen LogP) is -0.682. The second kappa shape index (κ2) is 4.95. The van der Waals surface area contributed by atoms with Crippen molar-refractivity contribution in [2.45, 2.75) is 25.8 Å². The Balaban J connectivity index is 3.85. The summed E-state index contributed by atoms with van der Waals surface area (Å²) in [6.07, 6.45) is 0.365. The molecule has 0 aliphatic heterocycles. The quantitative estimate of drug-likeness (QED) is 0.618. The van der Waals surface area contributed by atoms with Gasteiger partial charge in [-0.3, -0.25) is 9.59 Å². The molecule has 5 heteroatoms. The molecule has 0 radical (unpaired) electrons. The molecule has 0 aromatic heterocycles. The average Bonchev–Trinajstić information content (AvgIpc) is 2.03. The fourth-order valence-electron chi connectivity index (χ4n) is 0.793. The van der Waals surface area contributed by atoms with Crippen molar-refractivity contribution in [2.75, 3.05) is 20.6 Å². The molecule has 3 N–H and O–H groups in total. The molecule has 5 nitrogen and oxygen atoms in total. The second-order valence-corrected chi connectivity index (χ2v) is 3.95. The lowest BCUT2D eigenvalue weighted by Gasteiger charge is -2.22. The van der Waals surface area contributed by atoms with Crippen LogP contribution in [0.15, 0.2) is 0 Å². The molecule has 0 spiro atoms. The van der Waals surface area contributed by atoms with Crippen LogP contribution < -0.4 is 11.1 Å². The molecule has 0 atom stereocenters. The van der Waals surface area contributed by atoms with Crippen LogP contribution >= 0.6 is 0 Å². The summed E-state index contributed by atoms with van der Waals surface area (Å²) in [5.74, 6) is -0.396. The van der Waals surface area contributed by atoms with Gasteiger partial charge in [0.05, 0.1) is 5.54 Å². The van der Waals surface area contributed by atoms with Gasteiger partial charge in [0.2, 0.25) is 11.8 Å². The molecule has 0 fully saturated rings. The third kappa shape index (κ3) is 4.23. The molecule has 0 aliphatic rings. The number of amides is 2. The largest absolute Gasteiger partial charge is 0.368 e. The third-order valence-electron chi connectivity index (χ3n) is 2.02. The van der Waals surface area contributed by atoms with E-state index in [0.29, 0.717) is 13.0 Å². The van der Waals surface area contributed by atoms with Crippen LogP contribution in [-0.4, -0.2) is 42.9 Å². The highest BCUT2D eigenvalue weighted by atomic mass is 16.2. The first-order chi connectivity index (χ1) is 6.27. The van der Waals surface area contributed by atoms with Crippen molar-refractivity contribution in [3.63, 3.8) is 0 Å². The van der Waals surface area contributed by atoms with Gasteiger partial charge in [0.25, 0.3) is 0 Å². The van der Waals surface area contributed by atoms with E-state index in [2.05, 4.69) is 5.32 Å². The van der Waals surface area contributed by atoms with Crippen LogP contribution in [0.1, 0.15) is 20.3 Å². The Labute approximate surface area is 84.6 Å². The lowest BCUT2D eigenvalue weighted by Crippen LogP contribution is -2.51. The number of nitrogens with one attached hydrogen (secondary N) is 1. The first-order valence-corrected chi connectivity index (χ1v) is 4.52. The molecule has 0 unspecified atom stereocenters. The topological polar surface area (TPSA) is 75.4 Å². The molecule has 0 rings (SSSR count). The van der Waals surface area contributed by atoms with E-state index < -0.39 is 11.4 Å². The van der Waals surface area contributed by atoms with Crippen molar-refractivity contribution in [3.05, 3.63) is 0 Å². The summed E-state index contributed by atoms with van der Waals surface area (Å²) in [6.45, 7) is 3.83. The minimum Gasteiger partial charge on any atom is -0.368 e. The van der Waals surface area contributed by atoms with Crippen LogP contribution in [0.4, 0.5) is 0 Å². The summed E-state index contributed by atoms with van der Waals surface area (Å²) in [4.78, 5) is 23.6. The molecule has 82 valence electrons. The Bertz CT molecular complexity index is 224. The van der Waals surface area contributed by atoms with E-state index in [-0.39, 0.29) is 5.91 Å². The molecule has 2 amide bonds. The van der Waals surface area contributed by atoms with E-state index in [1.807, 2.05) is 0 Å². The number of carbonyl (C=O) groups excluding carboxylic acids is 2. The fraction of sp³-hybridized carbons (Fsp3) is 0.778. The van der Waals surface area contributed by atoms with E-state index in [0.717, 1.165) is 0 Å². The number of rotatable bonds is 5. The van der Waals surface area contributed by atoms with E-state index in [1.165, 1.54) is 4.90 Å². The van der Waals surface area contributed by atoms with E-state index >= 15 is 0 Å². The summed E-state index contributed by atoms with van der Waals surface area (Å²) in [6, 6.07) is 0. The van der Waals surface area contributed by atoms with Crippen LogP contribution in [0.5, 0.6) is 0 Å². The first-order valence-electron chi connectivity index (χ1n) is 4.52. The van der Waals surface area contributed by atoms with Crippen LogP contribution in [0.25, 0.3) is 0 Å². The highest BCUT2D eigenvalue weighted by Crippen LogP contribution is 2.00. The summed E-state index contributed by atoms with van der Waals surface area (Å²) in [5, 5.41) is 2.92. The van der Waals surface area contributed by atoms with Crippen LogP contribution in [0.3, 0.4) is 0 Å². The van der Waals surface area contributed by atoms with Crippen molar-refractivity contribution in [1.29, 1.82) is 0 Å². The van der Waals surface area contributed by atoms with Crippen molar-refractivity contribution < 1.29 is 9.59 Å². The molecular weight excluding hydrogens is 182 g/mol. The van der Waals surface area contributed by atoms with Gasteiger partial charge in [-0.05, 0) is 13.8 Å². The third-order valence-corrected chi connectivity index (χ3v) is 2.02. The normalized spacial score (nSPS) is 11.1. The van der Waals surface area contributed by atoms with Gasteiger partial charge in [0, 0.05) is 27.1 Å². The Kier molecular flexibility index (Phi) is 4.56. The zero-order valence-corrected chi connectivity index (χ0v) is 9.26. The summed E-state index contributed by atoms with van der Waals surface area (Å²) in [7, 11) is 3.39. The molecule has 0 heterocycles. The van der Waals surface area contributed by atoms with Crippen molar-refractivity contribution in [1.82, 2.24) is 10.2 Å². The first kappa shape index (κ1) is 12.9. The van der Waals surface area contributed by atoms with E-state index in [4.69, 9.17) is 5.73 Å². The second-order valence-electron chi connectivity index (χ2n) is 3.95. The summed E-state index contributed by atoms with van der Waals surface area (Å²) in [5.41, 5.74) is 4.39. The van der Waals surface area contributed by atoms with Gasteiger partial charge in [0.15, 0.2) is 0 Å². The maximum Gasteiger partial charge on any atom is 0.237 e. The van der Waals surface area contributed by atoms with Gasteiger partial charge in [-0.2, -0.15) is 0 Å². The van der Waals surface area contributed by atoms with E-state index in [9.17, 15) is 9.59 Å². The zero-order valence-electron chi connectivity index (χ0n) is 9.26. The molecule has 0 saturated heterocycles. The zero-order chi connectivity index (χ0) is 11.4. The highest BCUT2D eigenvalue weighted by molar-refractivity contribution is 5.83. The number of hydrogen-bond donors (Lipinski definition) is 2. The van der Waals surface area contributed by atoms with Crippen molar-refractivity contribution >= 4 is 11.8 Å². The summed E-state index contributed by atoms with van der Waals surface area (Å²) < 4.78 is 0. The van der Waals surface area contributed by atoms with Gasteiger partial charge in [0.1, 0.15) is 0 Å². The lowest BCUT2D eigenvalue weighted by molar-refractivity contribution is -0.129. The Morgan fingerprint density at radius 3 is 2.21 bits per heavy atom. The van der Waals surface area contributed by atoms with Crippen LogP contribution in [0.2, 0.25) is 0 Å². The van der Waals surface area contributed by atoms with E-state index in [1.54, 1.807) is 27.9 Å².